The van der Waals surface area contributed by atoms with Gasteiger partial charge in [-0.25, -0.2) is 4.57 Å². The van der Waals surface area contributed by atoms with Gasteiger partial charge in [-0.2, -0.15) is 0 Å². The molecule has 83 heavy (non-hydrogen) atoms. The number of carbonyl (C=O) groups excluding carboxylic acids is 1. The Morgan fingerprint density at radius 3 is 0.964 bits per heavy atom. The molecular formula is C74H146N2O6P+. The van der Waals surface area contributed by atoms with E-state index in [1.54, 1.807) is 6.08 Å². The number of nitrogens with zero attached hydrogens (tertiary/aromatic N) is 1. The van der Waals surface area contributed by atoms with Gasteiger partial charge in [-0.15, -0.1) is 0 Å². The fourth-order valence-corrected chi connectivity index (χ4v) is 12.1. The average Bonchev–Trinajstić information content (AvgIpc) is 3.49. The molecule has 0 aromatic heterocycles. The van der Waals surface area contributed by atoms with Crippen LogP contribution in [0.3, 0.4) is 0 Å². The predicted molar refractivity (Wildman–Crippen MR) is 365 cm³/mol. The molecule has 0 saturated carbocycles. The number of likely N-dealkylation sites (N-methyl/N-ethyl adjacent to an activating group) is 1. The molecule has 0 fully saturated rings. The summed E-state index contributed by atoms with van der Waals surface area (Å²) in [5.41, 5.74) is 0. The lowest BCUT2D eigenvalue weighted by atomic mass is 10.0. The van der Waals surface area contributed by atoms with Crippen molar-refractivity contribution in [3.05, 3.63) is 36.5 Å². The Bertz CT molecular complexity index is 1450. The Kier molecular flexibility index (Phi) is 64.2. The number of hydrogen-bond acceptors (Lipinski definition) is 5. The third kappa shape index (κ3) is 68.1. The number of phosphoric acid groups is 1. The molecule has 0 rings (SSSR count). The van der Waals surface area contributed by atoms with E-state index in [0.29, 0.717) is 17.4 Å². The van der Waals surface area contributed by atoms with E-state index in [9.17, 15) is 19.4 Å². The maximum Gasteiger partial charge on any atom is 0.472 e. The first kappa shape index (κ1) is 81.7. The number of nitrogens with one attached hydrogen (secondary N) is 1. The molecule has 0 heterocycles. The molecule has 0 aliphatic carbocycles. The van der Waals surface area contributed by atoms with Gasteiger partial charge in [0.25, 0.3) is 0 Å². The average molecular weight is 1190 g/mol. The van der Waals surface area contributed by atoms with Crippen molar-refractivity contribution in [3.63, 3.8) is 0 Å². The maximum atomic E-state index is 13.1. The molecule has 3 unspecified atom stereocenters. The zero-order valence-corrected chi connectivity index (χ0v) is 57.4. The maximum absolute atomic E-state index is 13.1. The smallest absolute Gasteiger partial charge is 0.387 e. The van der Waals surface area contributed by atoms with Gasteiger partial charge >= 0.3 is 7.82 Å². The molecule has 0 aromatic carbocycles. The number of rotatable bonds is 69. The van der Waals surface area contributed by atoms with Crippen molar-refractivity contribution in [1.29, 1.82) is 0 Å². The van der Waals surface area contributed by atoms with Crippen LogP contribution < -0.4 is 5.32 Å². The summed E-state index contributed by atoms with van der Waals surface area (Å²) in [6.07, 6.45) is 87.5. The first-order chi connectivity index (χ1) is 40.5. The lowest BCUT2D eigenvalue weighted by Gasteiger charge is -2.25. The molecule has 0 spiro atoms. The van der Waals surface area contributed by atoms with Gasteiger partial charge in [0.1, 0.15) is 13.2 Å². The number of aliphatic hydroxyl groups is 1. The Hall–Kier alpha value is -1.28. The Labute approximate surface area is 518 Å². The second-order valence-corrected chi connectivity index (χ2v) is 28.1. The van der Waals surface area contributed by atoms with Gasteiger partial charge in [-0.1, -0.05) is 365 Å². The summed E-state index contributed by atoms with van der Waals surface area (Å²) in [4.78, 5) is 23.4. The topological polar surface area (TPSA) is 105 Å². The van der Waals surface area contributed by atoms with Gasteiger partial charge in [0.15, 0.2) is 0 Å². The summed E-state index contributed by atoms with van der Waals surface area (Å²) in [6.45, 7) is 4.85. The minimum Gasteiger partial charge on any atom is -0.387 e. The van der Waals surface area contributed by atoms with Crippen molar-refractivity contribution in [1.82, 2.24) is 5.32 Å². The Balaban J connectivity index is 4.06. The third-order valence-electron chi connectivity index (χ3n) is 17.1. The van der Waals surface area contributed by atoms with Gasteiger partial charge in [0.2, 0.25) is 5.91 Å². The van der Waals surface area contributed by atoms with Gasteiger partial charge in [-0.05, 0) is 44.9 Å². The summed E-state index contributed by atoms with van der Waals surface area (Å²) in [5, 5.41) is 14.0. The molecule has 0 aliphatic heterocycles. The summed E-state index contributed by atoms with van der Waals surface area (Å²) < 4.78 is 23.8. The van der Waals surface area contributed by atoms with Crippen molar-refractivity contribution in [2.75, 3.05) is 40.9 Å². The van der Waals surface area contributed by atoms with Gasteiger partial charge in [0.05, 0.1) is 39.9 Å². The van der Waals surface area contributed by atoms with Crippen LogP contribution in [0.2, 0.25) is 0 Å². The van der Waals surface area contributed by atoms with Crippen LogP contribution in [-0.4, -0.2) is 73.4 Å². The van der Waals surface area contributed by atoms with Crippen molar-refractivity contribution in [3.8, 4) is 0 Å². The van der Waals surface area contributed by atoms with Crippen LogP contribution >= 0.6 is 7.82 Å². The first-order valence-electron chi connectivity index (χ1n) is 36.9. The van der Waals surface area contributed by atoms with Gasteiger partial charge in [0, 0.05) is 6.42 Å². The van der Waals surface area contributed by atoms with E-state index < -0.39 is 20.0 Å². The number of amides is 1. The second kappa shape index (κ2) is 65.2. The van der Waals surface area contributed by atoms with E-state index in [0.717, 1.165) is 44.9 Å². The number of aliphatic hydroxyl groups excluding tert-OH is 1. The lowest BCUT2D eigenvalue weighted by molar-refractivity contribution is -0.870. The minimum atomic E-state index is -4.37. The van der Waals surface area contributed by atoms with Crippen LogP contribution in [0.5, 0.6) is 0 Å². The Morgan fingerprint density at radius 1 is 0.398 bits per heavy atom. The quantitative estimate of drug-likeness (QED) is 0.0243. The zero-order valence-electron chi connectivity index (χ0n) is 56.5. The number of phosphoric ester groups is 1. The molecule has 0 aliphatic rings. The lowest BCUT2D eigenvalue weighted by Crippen LogP contribution is -2.45. The highest BCUT2D eigenvalue weighted by molar-refractivity contribution is 7.47. The zero-order chi connectivity index (χ0) is 60.5. The van der Waals surface area contributed by atoms with E-state index in [4.69, 9.17) is 9.05 Å². The summed E-state index contributed by atoms with van der Waals surface area (Å²) in [5.74, 6) is -0.182. The van der Waals surface area contributed by atoms with Crippen LogP contribution in [0.4, 0.5) is 0 Å². The number of quaternary nitrogens is 1. The third-order valence-corrected chi connectivity index (χ3v) is 18.1. The Morgan fingerprint density at radius 2 is 0.663 bits per heavy atom. The number of hydrogen-bond donors (Lipinski definition) is 3. The molecule has 1 amide bonds. The van der Waals surface area contributed by atoms with Crippen LogP contribution in [0.25, 0.3) is 0 Å². The largest absolute Gasteiger partial charge is 0.472 e. The van der Waals surface area contributed by atoms with E-state index in [1.165, 1.54) is 315 Å². The highest BCUT2D eigenvalue weighted by Gasteiger charge is 2.28. The summed E-state index contributed by atoms with van der Waals surface area (Å²) in [6, 6.07) is -0.870. The molecule has 0 radical (unpaired) electrons. The summed E-state index contributed by atoms with van der Waals surface area (Å²) >= 11 is 0. The highest BCUT2D eigenvalue weighted by Crippen LogP contribution is 2.43. The number of allylic oxidation sites excluding steroid dienone is 5. The van der Waals surface area contributed by atoms with E-state index in [2.05, 4.69) is 43.5 Å². The standard InChI is InChI=1S/C74H145N2O6P/c1-6-8-10-12-14-16-18-20-22-24-26-28-30-32-34-36-37-38-40-42-44-46-48-50-52-54-56-58-60-62-64-66-68-74(78)75-72(71-82-83(79,80)81-70-69-76(3,4)5)73(77)67-65-63-61-59-57-55-53-51-49-47-45-43-41-39-35-33-31-29-27-25-23-21-19-17-15-13-11-9-7-2/h49,51,57,59,65,67,72-73,77H,6-48,50,52-56,58,60-64,66,68-71H2,1-5H3,(H-,75,78,79,80)/p+1/b51-49+,59-57+,67-65+. The van der Waals surface area contributed by atoms with Gasteiger partial charge < -0.3 is 19.8 Å². The normalized spacial score (nSPS) is 13.8. The van der Waals surface area contributed by atoms with E-state index in [1.807, 2.05) is 27.2 Å². The fraction of sp³-hybridized carbons (Fsp3) is 0.905. The van der Waals surface area contributed by atoms with Crippen molar-refractivity contribution in [2.45, 2.75) is 392 Å². The minimum absolute atomic E-state index is 0.0555. The molecule has 3 atom stereocenters. The van der Waals surface area contributed by atoms with Crippen LogP contribution in [0.15, 0.2) is 36.5 Å². The molecule has 0 aromatic rings. The highest BCUT2D eigenvalue weighted by atomic mass is 31.2. The van der Waals surface area contributed by atoms with Crippen LogP contribution in [0, 0.1) is 0 Å². The van der Waals surface area contributed by atoms with E-state index >= 15 is 0 Å². The molecule has 0 bridgehead atoms. The molecule has 0 saturated heterocycles. The molecule has 9 heteroatoms. The van der Waals surface area contributed by atoms with Crippen LogP contribution in [-0.2, 0) is 18.4 Å². The number of unbranched alkanes of at least 4 members (excludes halogenated alkanes) is 52. The molecular weight excluding hydrogens is 1040 g/mol. The molecule has 492 valence electrons. The first-order valence-corrected chi connectivity index (χ1v) is 38.4. The van der Waals surface area contributed by atoms with Crippen molar-refractivity contribution < 1.29 is 32.9 Å². The monoisotopic (exact) mass is 1190 g/mol. The molecule has 3 N–H and O–H groups in total. The fourth-order valence-electron chi connectivity index (χ4n) is 11.4. The van der Waals surface area contributed by atoms with Gasteiger partial charge in [-0.3, -0.25) is 13.8 Å². The van der Waals surface area contributed by atoms with Crippen molar-refractivity contribution in [2.24, 2.45) is 0 Å². The van der Waals surface area contributed by atoms with E-state index in [-0.39, 0.29) is 19.1 Å². The number of carbonyl (C=O) groups is 1. The summed E-state index contributed by atoms with van der Waals surface area (Å²) in [7, 11) is 1.56. The SMILES string of the molecule is CCCCCCCCCCCCCCCCCCCCC/C=C/CC/C=C/CC/C=C/C(O)C(COP(=O)(O)OCC[N+](C)(C)C)NC(=O)CCCCCCCCCCCCCCCCCCCCCCCCCCCCCCCCCC. The predicted octanol–water partition coefficient (Wildman–Crippen LogP) is 23.6. The van der Waals surface area contributed by atoms with Crippen molar-refractivity contribution >= 4 is 13.7 Å². The second-order valence-electron chi connectivity index (χ2n) is 26.7. The molecule has 8 nitrogen and oxygen atoms in total. The van der Waals surface area contributed by atoms with Crippen LogP contribution in [0.1, 0.15) is 380 Å².